The Morgan fingerprint density at radius 2 is 2.15 bits per heavy atom. The molecular weight excluding hydrogens is 299 g/mol. The molecule has 6 heteroatoms. The maximum Gasteiger partial charge on any atom is 0.239 e. The third-order valence-electron chi connectivity index (χ3n) is 3.33. The smallest absolute Gasteiger partial charge is 0.239 e. The molecule has 0 radical (unpaired) electrons. The minimum Gasteiger partial charge on any atom is -0.375 e. The van der Waals surface area contributed by atoms with E-state index in [9.17, 15) is 4.79 Å². The van der Waals surface area contributed by atoms with E-state index in [1.807, 2.05) is 6.92 Å². The van der Waals surface area contributed by atoms with E-state index in [1.165, 1.54) is 0 Å². The fourth-order valence-corrected chi connectivity index (χ4v) is 2.81. The van der Waals surface area contributed by atoms with Gasteiger partial charge in [0.15, 0.2) is 0 Å². The predicted octanol–water partition coefficient (Wildman–Crippen LogP) is 2.03. The summed E-state index contributed by atoms with van der Waals surface area (Å²) in [4.78, 5) is 12.0. The number of nitrogens with one attached hydrogen (secondary N) is 2. The lowest BCUT2D eigenvalue weighted by molar-refractivity contribution is -0.128. The van der Waals surface area contributed by atoms with Crippen LogP contribution in [0.15, 0.2) is 18.2 Å². The number of amides is 1. The molecule has 1 saturated heterocycles. The second-order valence-electron chi connectivity index (χ2n) is 4.75. The van der Waals surface area contributed by atoms with Crippen molar-refractivity contribution >= 4 is 29.1 Å². The van der Waals surface area contributed by atoms with E-state index in [0.717, 1.165) is 5.56 Å². The van der Waals surface area contributed by atoms with Crippen LogP contribution in [0.3, 0.4) is 0 Å². The standard InChI is InChI=1S/C14H18Cl2N2O2/c1-9-13(17-7-8-20-9)14(19)18-6-5-10-11(15)3-2-4-12(10)16/h2-4,9,13,17H,5-8H2,1H3,(H,18,19)/t9-,13+/m1/s1. The lowest BCUT2D eigenvalue weighted by Crippen LogP contribution is -2.55. The highest BCUT2D eigenvalue weighted by atomic mass is 35.5. The number of benzene rings is 1. The third-order valence-corrected chi connectivity index (χ3v) is 4.04. The van der Waals surface area contributed by atoms with E-state index in [-0.39, 0.29) is 18.1 Å². The summed E-state index contributed by atoms with van der Waals surface area (Å²) in [5.41, 5.74) is 0.858. The summed E-state index contributed by atoms with van der Waals surface area (Å²) in [6.07, 6.45) is 0.485. The van der Waals surface area contributed by atoms with Crippen LogP contribution in [-0.4, -0.2) is 37.7 Å². The van der Waals surface area contributed by atoms with Crippen molar-refractivity contribution in [3.63, 3.8) is 0 Å². The highest BCUT2D eigenvalue weighted by molar-refractivity contribution is 6.35. The van der Waals surface area contributed by atoms with Crippen molar-refractivity contribution in [3.8, 4) is 0 Å². The average Bonchev–Trinajstić information content (AvgIpc) is 2.42. The molecule has 0 aliphatic carbocycles. The van der Waals surface area contributed by atoms with Crippen LogP contribution in [0, 0.1) is 0 Å². The van der Waals surface area contributed by atoms with Gasteiger partial charge in [-0.15, -0.1) is 0 Å². The molecule has 1 aromatic rings. The number of hydrogen-bond acceptors (Lipinski definition) is 3. The van der Waals surface area contributed by atoms with Gasteiger partial charge in [-0.3, -0.25) is 4.79 Å². The Hall–Kier alpha value is -0.810. The number of halogens is 2. The fourth-order valence-electron chi connectivity index (χ4n) is 2.22. The summed E-state index contributed by atoms with van der Waals surface area (Å²) in [6, 6.07) is 5.09. The molecule has 4 nitrogen and oxygen atoms in total. The van der Waals surface area contributed by atoms with E-state index >= 15 is 0 Å². The average molecular weight is 317 g/mol. The van der Waals surface area contributed by atoms with Gasteiger partial charge in [-0.25, -0.2) is 0 Å². The molecule has 1 fully saturated rings. The summed E-state index contributed by atoms with van der Waals surface area (Å²) < 4.78 is 5.45. The number of carbonyl (C=O) groups is 1. The molecule has 0 spiro atoms. The molecule has 0 unspecified atom stereocenters. The first-order valence-electron chi connectivity index (χ1n) is 6.65. The van der Waals surface area contributed by atoms with Gasteiger partial charge in [-0.05, 0) is 31.0 Å². The molecule has 2 atom stereocenters. The van der Waals surface area contributed by atoms with Gasteiger partial charge in [0, 0.05) is 23.1 Å². The van der Waals surface area contributed by atoms with Gasteiger partial charge in [0.25, 0.3) is 0 Å². The van der Waals surface area contributed by atoms with Crippen molar-refractivity contribution in [1.29, 1.82) is 0 Å². The SMILES string of the molecule is C[C@H]1OCCN[C@@H]1C(=O)NCCc1c(Cl)cccc1Cl. The summed E-state index contributed by atoms with van der Waals surface area (Å²) in [5.74, 6) is -0.0552. The molecule has 0 saturated carbocycles. The van der Waals surface area contributed by atoms with Crippen LogP contribution < -0.4 is 10.6 Å². The zero-order valence-corrected chi connectivity index (χ0v) is 12.8. The molecule has 2 N–H and O–H groups in total. The number of ether oxygens (including phenoxy) is 1. The molecule has 1 aliphatic heterocycles. The summed E-state index contributed by atoms with van der Waals surface area (Å²) in [6.45, 7) is 3.72. The number of carbonyl (C=O) groups excluding carboxylic acids is 1. The highest BCUT2D eigenvalue weighted by Crippen LogP contribution is 2.24. The second kappa shape index (κ2) is 7.27. The van der Waals surface area contributed by atoms with E-state index in [4.69, 9.17) is 27.9 Å². The zero-order valence-electron chi connectivity index (χ0n) is 11.3. The number of morpholine rings is 1. The number of rotatable bonds is 4. The van der Waals surface area contributed by atoms with Crippen molar-refractivity contribution in [2.75, 3.05) is 19.7 Å². The lowest BCUT2D eigenvalue weighted by atomic mass is 10.1. The van der Waals surface area contributed by atoms with Gasteiger partial charge in [-0.1, -0.05) is 29.3 Å². The van der Waals surface area contributed by atoms with Crippen molar-refractivity contribution < 1.29 is 9.53 Å². The van der Waals surface area contributed by atoms with Crippen molar-refractivity contribution in [2.45, 2.75) is 25.5 Å². The van der Waals surface area contributed by atoms with Crippen LogP contribution in [0.25, 0.3) is 0 Å². The summed E-state index contributed by atoms with van der Waals surface area (Å²) in [7, 11) is 0. The van der Waals surface area contributed by atoms with Gasteiger partial charge >= 0.3 is 0 Å². The van der Waals surface area contributed by atoms with Crippen LogP contribution in [0.2, 0.25) is 10.0 Å². The van der Waals surface area contributed by atoms with E-state index in [0.29, 0.717) is 36.2 Å². The summed E-state index contributed by atoms with van der Waals surface area (Å²) in [5, 5.41) is 7.29. The second-order valence-corrected chi connectivity index (χ2v) is 5.56. The molecule has 1 heterocycles. The van der Waals surface area contributed by atoms with Gasteiger partial charge in [0.05, 0.1) is 12.7 Å². The van der Waals surface area contributed by atoms with Crippen molar-refractivity contribution in [3.05, 3.63) is 33.8 Å². The Labute approximate surface area is 128 Å². The van der Waals surface area contributed by atoms with Gasteiger partial charge in [-0.2, -0.15) is 0 Å². The molecule has 1 amide bonds. The fraction of sp³-hybridized carbons (Fsp3) is 0.500. The van der Waals surface area contributed by atoms with Gasteiger partial charge < -0.3 is 15.4 Å². The van der Waals surface area contributed by atoms with Crippen molar-refractivity contribution in [2.24, 2.45) is 0 Å². The summed E-state index contributed by atoms with van der Waals surface area (Å²) >= 11 is 12.2. The largest absolute Gasteiger partial charge is 0.375 e. The first-order valence-corrected chi connectivity index (χ1v) is 7.41. The Balaban J connectivity index is 1.85. The minimum atomic E-state index is -0.300. The molecule has 110 valence electrons. The molecule has 1 aliphatic rings. The van der Waals surface area contributed by atoms with Crippen LogP contribution in [0.1, 0.15) is 12.5 Å². The predicted molar refractivity (Wildman–Crippen MR) is 80.4 cm³/mol. The third kappa shape index (κ3) is 3.85. The molecular formula is C14H18Cl2N2O2. The first-order chi connectivity index (χ1) is 9.59. The lowest BCUT2D eigenvalue weighted by Gasteiger charge is -2.29. The monoisotopic (exact) mass is 316 g/mol. The Morgan fingerprint density at radius 3 is 2.80 bits per heavy atom. The van der Waals surface area contributed by atoms with Crippen LogP contribution in [-0.2, 0) is 16.0 Å². The Kier molecular flexibility index (Phi) is 5.66. The Bertz CT molecular complexity index is 462. The van der Waals surface area contributed by atoms with Crippen LogP contribution in [0.4, 0.5) is 0 Å². The van der Waals surface area contributed by atoms with Gasteiger partial charge in [0.2, 0.25) is 5.91 Å². The maximum absolute atomic E-state index is 12.0. The normalized spacial score (nSPS) is 22.6. The molecule has 2 rings (SSSR count). The van der Waals surface area contributed by atoms with Crippen LogP contribution in [0.5, 0.6) is 0 Å². The molecule has 0 bridgehead atoms. The zero-order chi connectivity index (χ0) is 14.5. The molecule has 1 aromatic carbocycles. The van der Waals surface area contributed by atoms with Crippen molar-refractivity contribution in [1.82, 2.24) is 10.6 Å². The first kappa shape index (κ1) is 15.6. The molecule has 20 heavy (non-hydrogen) atoms. The highest BCUT2D eigenvalue weighted by Gasteiger charge is 2.27. The quantitative estimate of drug-likeness (QED) is 0.893. The Morgan fingerprint density at radius 1 is 1.45 bits per heavy atom. The maximum atomic E-state index is 12.0. The van der Waals surface area contributed by atoms with Gasteiger partial charge in [0.1, 0.15) is 6.04 Å². The van der Waals surface area contributed by atoms with E-state index < -0.39 is 0 Å². The van der Waals surface area contributed by atoms with E-state index in [2.05, 4.69) is 10.6 Å². The molecule has 0 aromatic heterocycles. The van der Waals surface area contributed by atoms with E-state index in [1.54, 1.807) is 18.2 Å². The minimum absolute atomic E-state index is 0.0552. The number of hydrogen-bond donors (Lipinski definition) is 2. The van der Waals surface area contributed by atoms with Crippen LogP contribution >= 0.6 is 23.2 Å². The topological polar surface area (TPSA) is 50.4 Å².